The quantitative estimate of drug-likeness (QED) is 0.839. The van der Waals surface area contributed by atoms with Gasteiger partial charge in [0.1, 0.15) is 0 Å². The summed E-state index contributed by atoms with van der Waals surface area (Å²) in [7, 11) is 0. The first-order chi connectivity index (χ1) is 9.40. The summed E-state index contributed by atoms with van der Waals surface area (Å²) >= 11 is 1.62. The highest BCUT2D eigenvalue weighted by Crippen LogP contribution is 2.23. The number of benzene rings is 1. The second kappa shape index (κ2) is 7.98. The predicted molar refractivity (Wildman–Crippen MR) is 85.9 cm³/mol. The van der Waals surface area contributed by atoms with E-state index in [4.69, 9.17) is 5.11 Å². The summed E-state index contributed by atoms with van der Waals surface area (Å²) in [5, 5.41) is 11.5. The minimum atomic E-state index is 0.00374. The minimum Gasteiger partial charge on any atom is -0.395 e. The van der Waals surface area contributed by atoms with Crippen molar-refractivity contribution in [1.82, 2.24) is 0 Å². The van der Waals surface area contributed by atoms with Gasteiger partial charge in [-0.15, -0.1) is 11.8 Å². The fourth-order valence-corrected chi connectivity index (χ4v) is 1.97. The van der Waals surface area contributed by atoms with E-state index >= 15 is 0 Å². The Morgan fingerprint density at radius 3 is 2.50 bits per heavy atom. The Bertz CT molecular complexity index is 492. The molecule has 0 spiro atoms. The van der Waals surface area contributed by atoms with Crippen molar-refractivity contribution in [3.8, 4) is 11.8 Å². The van der Waals surface area contributed by atoms with E-state index in [9.17, 15) is 4.79 Å². The summed E-state index contributed by atoms with van der Waals surface area (Å²) in [6.45, 7) is 6.34. The fourth-order valence-electron chi connectivity index (χ4n) is 1.34. The van der Waals surface area contributed by atoms with E-state index in [1.54, 1.807) is 11.8 Å². The summed E-state index contributed by atoms with van der Waals surface area (Å²) in [5.74, 6) is 6.25. The molecule has 108 valence electrons. The average Bonchev–Trinajstić information content (AvgIpc) is 2.38. The lowest BCUT2D eigenvalue weighted by atomic mass is 10.2. The van der Waals surface area contributed by atoms with Crippen molar-refractivity contribution < 1.29 is 9.90 Å². The van der Waals surface area contributed by atoms with Crippen molar-refractivity contribution in [2.45, 2.75) is 31.9 Å². The smallest absolute Gasteiger partial charge is 0.234 e. The fraction of sp³-hybridized carbons (Fsp3) is 0.438. The Labute approximate surface area is 125 Å². The third-order valence-corrected chi connectivity index (χ3v) is 3.55. The van der Waals surface area contributed by atoms with Gasteiger partial charge in [0.25, 0.3) is 0 Å². The third-order valence-electron chi connectivity index (χ3n) is 2.27. The lowest BCUT2D eigenvalue weighted by molar-refractivity contribution is -0.113. The molecule has 20 heavy (non-hydrogen) atoms. The molecular weight excluding hydrogens is 270 g/mol. The normalized spacial score (nSPS) is 10.6. The predicted octanol–water partition coefficient (Wildman–Crippen LogP) is 2.89. The van der Waals surface area contributed by atoms with Gasteiger partial charge in [-0.1, -0.05) is 32.6 Å². The van der Waals surface area contributed by atoms with Gasteiger partial charge in [0.05, 0.1) is 12.4 Å². The van der Waals surface area contributed by atoms with Gasteiger partial charge < -0.3 is 10.4 Å². The van der Waals surface area contributed by atoms with Crippen LogP contribution in [0.2, 0.25) is 0 Å². The van der Waals surface area contributed by atoms with Crippen LogP contribution in [0.4, 0.5) is 5.69 Å². The van der Waals surface area contributed by atoms with Crippen molar-refractivity contribution in [1.29, 1.82) is 0 Å². The first-order valence-electron chi connectivity index (χ1n) is 6.54. The van der Waals surface area contributed by atoms with Crippen molar-refractivity contribution >= 4 is 23.4 Å². The molecule has 0 heterocycles. The first-order valence-corrected chi connectivity index (χ1v) is 7.53. The van der Waals surface area contributed by atoms with Crippen LogP contribution >= 0.6 is 11.8 Å². The van der Waals surface area contributed by atoms with Crippen molar-refractivity contribution in [3.63, 3.8) is 0 Å². The van der Waals surface area contributed by atoms with Crippen LogP contribution < -0.4 is 5.32 Å². The van der Waals surface area contributed by atoms with Crippen molar-refractivity contribution in [2.24, 2.45) is 0 Å². The number of rotatable bonds is 4. The molecule has 3 nitrogen and oxygen atoms in total. The van der Waals surface area contributed by atoms with Crippen LogP contribution in [0.25, 0.3) is 0 Å². The summed E-state index contributed by atoms with van der Waals surface area (Å²) in [5.41, 5.74) is 1.65. The lowest BCUT2D eigenvalue weighted by Gasteiger charge is -2.16. The number of hydrogen-bond donors (Lipinski definition) is 2. The van der Waals surface area contributed by atoms with E-state index in [1.807, 2.05) is 24.3 Å². The zero-order valence-electron chi connectivity index (χ0n) is 12.2. The Hall–Kier alpha value is -1.44. The molecule has 0 radical (unpaired) electrons. The van der Waals surface area contributed by atoms with Crippen LogP contribution in [0.15, 0.2) is 24.3 Å². The molecule has 0 saturated carbocycles. The molecule has 0 unspecified atom stereocenters. The van der Waals surface area contributed by atoms with Crippen LogP contribution in [0.3, 0.4) is 0 Å². The van der Waals surface area contributed by atoms with Gasteiger partial charge >= 0.3 is 0 Å². The van der Waals surface area contributed by atoms with Gasteiger partial charge in [0.15, 0.2) is 0 Å². The molecule has 0 bridgehead atoms. The Morgan fingerprint density at radius 1 is 1.30 bits per heavy atom. The maximum atomic E-state index is 11.8. The Balaban J connectivity index is 2.49. The number of anilines is 1. The highest BCUT2D eigenvalue weighted by molar-refractivity contribution is 8.01. The van der Waals surface area contributed by atoms with Gasteiger partial charge in [-0.05, 0) is 24.3 Å². The van der Waals surface area contributed by atoms with Crippen molar-refractivity contribution in [3.05, 3.63) is 29.8 Å². The molecule has 1 amide bonds. The number of nitrogens with one attached hydrogen (secondary N) is 1. The Kier molecular flexibility index (Phi) is 6.63. The monoisotopic (exact) mass is 291 g/mol. The van der Waals surface area contributed by atoms with E-state index in [1.165, 1.54) is 0 Å². The maximum absolute atomic E-state index is 11.8. The standard InChI is InChI=1S/C16H21NO2S/c1-16(2,3)20-12-15(19)17-14-9-7-13(8-10-14)6-4-5-11-18/h7-10,18H,5,11-12H2,1-3H3,(H,17,19). The molecule has 1 aromatic rings. The number of carbonyl (C=O) groups excluding carboxylic acids is 1. The largest absolute Gasteiger partial charge is 0.395 e. The van der Waals surface area contributed by atoms with E-state index in [2.05, 4.69) is 37.9 Å². The van der Waals surface area contributed by atoms with Crippen LogP contribution in [-0.2, 0) is 4.79 Å². The molecule has 1 rings (SSSR count). The topological polar surface area (TPSA) is 49.3 Å². The zero-order chi connectivity index (χ0) is 15.0. The highest BCUT2D eigenvalue weighted by atomic mass is 32.2. The number of aliphatic hydroxyl groups is 1. The molecular formula is C16H21NO2S. The molecule has 2 N–H and O–H groups in total. The molecule has 0 aliphatic carbocycles. The van der Waals surface area contributed by atoms with E-state index in [0.29, 0.717) is 12.2 Å². The number of carbonyl (C=O) groups is 1. The van der Waals surface area contributed by atoms with E-state index < -0.39 is 0 Å². The summed E-state index contributed by atoms with van der Waals surface area (Å²) in [4.78, 5) is 11.8. The van der Waals surface area contributed by atoms with Gasteiger partial charge in [-0.2, -0.15) is 0 Å². The minimum absolute atomic E-state index is 0.00374. The summed E-state index contributed by atoms with van der Waals surface area (Å²) in [6.07, 6.45) is 0.475. The van der Waals surface area contributed by atoms with Crippen LogP contribution in [0, 0.1) is 11.8 Å². The molecule has 0 aromatic heterocycles. The Morgan fingerprint density at radius 2 is 1.95 bits per heavy atom. The number of hydrogen-bond acceptors (Lipinski definition) is 3. The van der Waals surface area contributed by atoms with E-state index in [-0.39, 0.29) is 17.3 Å². The third kappa shape index (κ3) is 7.22. The van der Waals surface area contributed by atoms with E-state index in [0.717, 1.165) is 11.3 Å². The molecule has 0 atom stereocenters. The van der Waals surface area contributed by atoms with Crippen LogP contribution in [-0.4, -0.2) is 28.1 Å². The molecule has 0 fully saturated rings. The number of thioether (sulfide) groups is 1. The van der Waals surface area contributed by atoms with Gasteiger partial charge in [0, 0.05) is 22.4 Å². The first kappa shape index (κ1) is 16.6. The van der Waals surface area contributed by atoms with Gasteiger partial charge in [-0.3, -0.25) is 4.79 Å². The second-order valence-electron chi connectivity index (χ2n) is 5.30. The molecule has 0 aliphatic rings. The van der Waals surface area contributed by atoms with Crippen LogP contribution in [0.5, 0.6) is 0 Å². The number of aliphatic hydroxyl groups excluding tert-OH is 1. The second-order valence-corrected chi connectivity index (χ2v) is 7.10. The van der Waals surface area contributed by atoms with Gasteiger partial charge in [-0.25, -0.2) is 0 Å². The molecule has 1 aromatic carbocycles. The molecule has 4 heteroatoms. The number of amides is 1. The molecule has 0 saturated heterocycles. The maximum Gasteiger partial charge on any atom is 0.234 e. The average molecular weight is 291 g/mol. The summed E-state index contributed by atoms with van der Waals surface area (Å²) in [6, 6.07) is 7.39. The highest BCUT2D eigenvalue weighted by Gasteiger charge is 2.13. The zero-order valence-corrected chi connectivity index (χ0v) is 13.0. The van der Waals surface area contributed by atoms with Crippen molar-refractivity contribution in [2.75, 3.05) is 17.7 Å². The van der Waals surface area contributed by atoms with Crippen LogP contribution in [0.1, 0.15) is 32.8 Å². The molecule has 0 aliphatic heterocycles. The SMILES string of the molecule is CC(C)(C)SCC(=O)Nc1ccc(C#CCCO)cc1. The van der Waals surface area contributed by atoms with Gasteiger partial charge in [0.2, 0.25) is 5.91 Å². The lowest BCUT2D eigenvalue weighted by Crippen LogP contribution is -2.18. The summed E-state index contributed by atoms with van der Waals surface area (Å²) < 4.78 is 0.0868.